The van der Waals surface area contributed by atoms with Gasteiger partial charge in [0.15, 0.2) is 0 Å². The van der Waals surface area contributed by atoms with Gasteiger partial charge in [-0.1, -0.05) is 0 Å². The predicted molar refractivity (Wildman–Crippen MR) is 59.7 cm³/mol. The molecule has 1 aromatic heterocycles. The largest absolute Gasteiger partial charge is 0.433 e. The van der Waals surface area contributed by atoms with Crippen LogP contribution in [0.2, 0.25) is 0 Å². The molecule has 0 aromatic carbocycles. The molecule has 1 rings (SSSR count). The lowest BCUT2D eigenvalue weighted by Crippen LogP contribution is -2.31. The molecule has 0 saturated carbocycles. The highest BCUT2D eigenvalue weighted by Gasteiger charge is 2.12. The van der Waals surface area contributed by atoms with Crippen molar-refractivity contribution in [2.75, 3.05) is 27.4 Å². The number of methoxy groups -OCH3 is 2. The van der Waals surface area contributed by atoms with E-state index in [2.05, 4.69) is 5.32 Å². The van der Waals surface area contributed by atoms with E-state index in [-0.39, 0.29) is 12.0 Å². The number of ether oxygens (including phenoxy) is 2. The van der Waals surface area contributed by atoms with Gasteiger partial charge in [0.1, 0.15) is 10.7 Å². The van der Waals surface area contributed by atoms with Crippen molar-refractivity contribution >= 4 is 5.88 Å². The summed E-state index contributed by atoms with van der Waals surface area (Å²) >= 11 is 0. The van der Waals surface area contributed by atoms with E-state index in [4.69, 9.17) is 13.9 Å². The third-order valence-corrected chi connectivity index (χ3v) is 2.18. The summed E-state index contributed by atoms with van der Waals surface area (Å²) in [5.41, 5.74) is 0. The van der Waals surface area contributed by atoms with Crippen LogP contribution in [0, 0.1) is 10.1 Å². The molecule has 0 aliphatic carbocycles. The van der Waals surface area contributed by atoms with E-state index in [1.807, 2.05) is 0 Å². The Kier molecular flexibility index (Phi) is 5.61. The first-order valence-electron chi connectivity index (χ1n) is 5.13. The Hall–Kier alpha value is -1.44. The SMILES string of the molecule is COCC(CNCc1ccc([N+](=O)[O-])o1)OC. The van der Waals surface area contributed by atoms with Crippen LogP contribution in [-0.4, -0.2) is 38.4 Å². The van der Waals surface area contributed by atoms with Gasteiger partial charge in [-0.2, -0.15) is 0 Å². The fourth-order valence-corrected chi connectivity index (χ4v) is 1.31. The lowest BCUT2D eigenvalue weighted by molar-refractivity contribution is -0.402. The van der Waals surface area contributed by atoms with Crippen molar-refractivity contribution < 1.29 is 18.8 Å². The van der Waals surface area contributed by atoms with Crippen molar-refractivity contribution in [2.45, 2.75) is 12.6 Å². The van der Waals surface area contributed by atoms with E-state index < -0.39 is 4.92 Å². The van der Waals surface area contributed by atoms with Crippen molar-refractivity contribution in [1.82, 2.24) is 5.32 Å². The first kappa shape index (κ1) is 13.6. The Balaban J connectivity index is 2.32. The van der Waals surface area contributed by atoms with Crippen LogP contribution in [0.3, 0.4) is 0 Å². The molecular weight excluding hydrogens is 228 g/mol. The zero-order valence-corrected chi connectivity index (χ0v) is 9.84. The molecule has 0 amide bonds. The van der Waals surface area contributed by atoms with E-state index in [1.165, 1.54) is 6.07 Å². The molecule has 0 spiro atoms. The van der Waals surface area contributed by atoms with Crippen molar-refractivity contribution in [1.29, 1.82) is 0 Å². The molecule has 0 bridgehead atoms. The van der Waals surface area contributed by atoms with Crippen molar-refractivity contribution in [3.05, 3.63) is 28.0 Å². The molecule has 7 nitrogen and oxygen atoms in total. The molecule has 0 aliphatic heterocycles. The minimum absolute atomic E-state index is 0.0510. The van der Waals surface area contributed by atoms with Gasteiger partial charge >= 0.3 is 5.88 Å². The Morgan fingerprint density at radius 1 is 1.53 bits per heavy atom. The molecule has 1 unspecified atom stereocenters. The minimum Gasteiger partial charge on any atom is -0.404 e. The number of nitro groups is 1. The standard InChI is InChI=1S/C10H16N2O5/c1-15-7-9(16-2)6-11-5-8-3-4-10(17-8)12(13)14/h3-4,9,11H,5-7H2,1-2H3. The Morgan fingerprint density at radius 2 is 2.29 bits per heavy atom. The maximum Gasteiger partial charge on any atom is 0.433 e. The Morgan fingerprint density at radius 3 is 2.82 bits per heavy atom. The second-order valence-corrected chi connectivity index (χ2v) is 3.44. The van der Waals surface area contributed by atoms with Crippen molar-refractivity contribution in [2.24, 2.45) is 0 Å². The van der Waals surface area contributed by atoms with Crippen LogP contribution in [0.5, 0.6) is 0 Å². The molecule has 1 heterocycles. The van der Waals surface area contributed by atoms with Gasteiger partial charge in [-0.3, -0.25) is 10.1 Å². The van der Waals surface area contributed by atoms with E-state index in [0.717, 1.165) is 0 Å². The molecule has 0 saturated heterocycles. The van der Waals surface area contributed by atoms with E-state index in [9.17, 15) is 10.1 Å². The lowest BCUT2D eigenvalue weighted by Gasteiger charge is -2.14. The zero-order chi connectivity index (χ0) is 12.7. The first-order chi connectivity index (χ1) is 8.17. The maximum absolute atomic E-state index is 10.4. The van der Waals surface area contributed by atoms with Crippen LogP contribution < -0.4 is 5.32 Å². The zero-order valence-electron chi connectivity index (χ0n) is 9.84. The van der Waals surface area contributed by atoms with Crippen LogP contribution in [0.25, 0.3) is 0 Å². The van der Waals surface area contributed by atoms with Gasteiger partial charge in [0.2, 0.25) is 0 Å². The summed E-state index contributed by atoms with van der Waals surface area (Å²) in [7, 11) is 3.20. The summed E-state index contributed by atoms with van der Waals surface area (Å²) in [6.45, 7) is 1.48. The fourth-order valence-electron chi connectivity index (χ4n) is 1.31. The Labute approximate surface area is 98.8 Å². The third kappa shape index (κ3) is 4.51. The van der Waals surface area contributed by atoms with Crippen molar-refractivity contribution in [3.63, 3.8) is 0 Å². The second-order valence-electron chi connectivity index (χ2n) is 3.44. The summed E-state index contributed by atoms with van der Waals surface area (Å²) in [4.78, 5) is 9.82. The molecule has 1 N–H and O–H groups in total. The molecule has 0 radical (unpaired) electrons. The third-order valence-electron chi connectivity index (χ3n) is 2.18. The van der Waals surface area contributed by atoms with Gasteiger partial charge in [-0.25, -0.2) is 0 Å². The molecule has 7 heteroatoms. The van der Waals surface area contributed by atoms with Gasteiger partial charge in [-0.05, 0) is 6.07 Å². The second kappa shape index (κ2) is 7.00. The Bertz CT molecular complexity index is 352. The van der Waals surface area contributed by atoms with Crippen LogP contribution in [-0.2, 0) is 16.0 Å². The summed E-state index contributed by atoms with van der Waals surface area (Å²) in [5.74, 6) is 0.269. The number of furan rings is 1. The number of rotatable bonds is 8. The molecule has 96 valence electrons. The number of nitrogens with zero attached hydrogens (tertiary/aromatic N) is 1. The van der Waals surface area contributed by atoms with Crippen LogP contribution in [0.1, 0.15) is 5.76 Å². The highest BCUT2D eigenvalue weighted by atomic mass is 16.6. The summed E-state index contributed by atoms with van der Waals surface area (Å²) in [5, 5.41) is 13.5. The minimum atomic E-state index is -0.563. The van der Waals surface area contributed by atoms with Gasteiger partial charge in [0, 0.05) is 20.8 Å². The molecule has 1 atom stereocenters. The maximum atomic E-state index is 10.4. The summed E-state index contributed by atoms with van der Waals surface area (Å²) in [6.07, 6.45) is -0.0510. The first-order valence-corrected chi connectivity index (χ1v) is 5.13. The van der Waals surface area contributed by atoms with Gasteiger partial charge in [0.25, 0.3) is 0 Å². The van der Waals surface area contributed by atoms with Crippen LogP contribution >= 0.6 is 0 Å². The smallest absolute Gasteiger partial charge is 0.404 e. The molecule has 0 fully saturated rings. The highest BCUT2D eigenvalue weighted by Crippen LogP contribution is 2.15. The monoisotopic (exact) mass is 244 g/mol. The quantitative estimate of drug-likeness (QED) is 0.541. The number of nitrogens with one attached hydrogen (secondary N) is 1. The number of hydrogen-bond donors (Lipinski definition) is 1. The fraction of sp³-hybridized carbons (Fsp3) is 0.600. The number of hydrogen-bond acceptors (Lipinski definition) is 6. The van der Waals surface area contributed by atoms with Crippen molar-refractivity contribution in [3.8, 4) is 0 Å². The lowest BCUT2D eigenvalue weighted by atomic mass is 10.3. The van der Waals surface area contributed by atoms with Gasteiger partial charge in [-0.15, -0.1) is 0 Å². The molecule has 17 heavy (non-hydrogen) atoms. The average Bonchev–Trinajstić information content (AvgIpc) is 2.77. The normalized spacial score (nSPS) is 12.6. The predicted octanol–water partition coefficient (Wildman–Crippen LogP) is 0.939. The van der Waals surface area contributed by atoms with E-state index in [1.54, 1.807) is 20.3 Å². The summed E-state index contributed by atoms with van der Waals surface area (Å²) < 4.78 is 15.1. The van der Waals surface area contributed by atoms with Crippen LogP contribution in [0.4, 0.5) is 5.88 Å². The van der Waals surface area contributed by atoms with Crippen LogP contribution in [0.15, 0.2) is 16.5 Å². The molecular formula is C10H16N2O5. The highest BCUT2D eigenvalue weighted by molar-refractivity contribution is 5.17. The van der Waals surface area contributed by atoms with E-state index in [0.29, 0.717) is 25.5 Å². The molecule has 1 aromatic rings. The molecule has 0 aliphatic rings. The van der Waals surface area contributed by atoms with E-state index >= 15 is 0 Å². The topological polar surface area (TPSA) is 86.8 Å². The van der Waals surface area contributed by atoms with Gasteiger partial charge < -0.3 is 19.2 Å². The van der Waals surface area contributed by atoms with Gasteiger partial charge in [0.05, 0.1) is 25.3 Å². The average molecular weight is 244 g/mol. The summed E-state index contributed by atoms with van der Waals surface area (Å²) in [6, 6.07) is 2.91.